The van der Waals surface area contributed by atoms with E-state index in [4.69, 9.17) is 5.26 Å². The maximum Gasteiger partial charge on any atom is 0.0976 e. The highest BCUT2D eigenvalue weighted by atomic mass is 15.3. The second-order valence-electron chi connectivity index (χ2n) is 4.96. The summed E-state index contributed by atoms with van der Waals surface area (Å²) < 4.78 is 0. The number of hydrogen-bond donors (Lipinski definition) is 0. The molecule has 1 saturated heterocycles. The van der Waals surface area contributed by atoms with Gasteiger partial charge in [-0.25, -0.2) is 0 Å². The van der Waals surface area contributed by atoms with E-state index in [1.165, 1.54) is 13.1 Å². The van der Waals surface area contributed by atoms with Crippen molar-refractivity contribution in [1.82, 2.24) is 14.7 Å². The van der Waals surface area contributed by atoms with Gasteiger partial charge in [-0.2, -0.15) is 5.26 Å². The van der Waals surface area contributed by atoms with Crippen LogP contribution >= 0.6 is 0 Å². The summed E-state index contributed by atoms with van der Waals surface area (Å²) in [5.41, 5.74) is 0. The molecule has 104 valence electrons. The Kier molecular flexibility index (Phi) is 7.26. The van der Waals surface area contributed by atoms with Crippen molar-refractivity contribution in [2.45, 2.75) is 33.2 Å². The highest BCUT2D eigenvalue weighted by molar-refractivity contribution is 4.92. The fraction of sp³-hybridized carbons (Fsp3) is 0.929. The molecular formula is C14H28N4. The number of likely N-dealkylation sites (N-methyl/N-ethyl adjacent to an activating group) is 1. The molecule has 0 bridgehead atoms. The van der Waals surface area contributed by atoms with Gasteiger partial charge in [0.15, 0.2) is 0 Å². The van der Waals surface area contributed by atoms with Crippen LogP contribution in [-0.4, -0.2) is 73.1 Å². The highest BCUT2D eigenvalue weighted by Crippen LogP contribution is 2.08. The van der Waals surface area contributed by atoms with Crippen molar-refractivity contribution in [3.63, 3.8) is 0 Å². The minimum absolute atomic E-state index is 0.120. The van der Waals surface area contributed by atoms with Crippen LogP contribution in [0.25, 0.3) is 0 Å². The number of rotatable bonds is 7. The topological polar surface area (TPSA) is 33.5 Å². The third-order valence-corrected chi connectivity index (χ3v) is 4.01. The molecule has 1 rings (SSSR count). The monoisotopic (exact) mass is 252 g/mol. The zero-order chi connectivity index (χ0) is 13.4. The second kappa shape index (κ2) is 8.47. The first-order valence-corrected chi connectivity index (χ1v) is 7.33. The third-order valence-electron chi connectivity index (χ3n) is 4.01. The molecule has 4 heteroatoms. The number of hydrogen-bond acceptors (Lipinski definition) is 4. The van der Waals surface area contributed by atoms with E-state index in [1.807, 2.05) is 0 Å². The van der Waals surface area contributed by atoms with Gasteiger partial charge in [0.1, 0.15) is 0 Å². The minimum atomic E-state index is 0.120. The van der Waals surface area contributed by atoms with Crippen LogP contribution < -0.4 is 0 Å². The molecule has 0 aliphatic carbocycles. The zero-order valence-electron chi connectivity index (χ0n) is 12.2. The largest absolute Gasteiger partial charge is 0.303 e. The van der Waals surface area contributed by atoms with Gasteiger partial charge in [0.25, 0.3) is 0 Å². The van der Waals surface area contributed by atoms with Crippen LogP contribution in [0.5, 0.6) is 0 Å². The van der Waals surface area contributed by atoms with E-state index in [9.17, 15) is 0 Å². The summed E-state index contributed by atoms with van der Waals surface area (Å²) >= 11 is 0. The SMILES string of the molecule is CCC(C#N)N1CCN(CCN(CC)CC)CC1. The van der Waals surface area contributed by atoms with Gasteiger partial charge in [-0.05, 0) is 19.5 Å². The number of nitrogens with zero attached hydrogens (tertiary/aromatic N) is 4. The molecule has 0 spiro atoms. The molecule has 1 heterocycles. The van der Waals surface area contributed by atoms with Crippen LogP contribution in [0.2, 0.25) is 0 Å². The van der Waals surface area contributed by atoms with Gasteiger partial charge >= 0.3 is 0 Å². The van der Waals surface area contributed by atoms with Crippen molar-refractivity contribution >= 4 is 0 Å². The summed E-state index contributed by atoms with van der Waals surface area (Å²) in [6.45, 7) is 15.5. The maximum absolute atomic E-state index is 9.07. The number of piperazine rings is 1. The summed E-state index contributed by atoms with van der Waals surface area (Å²) in [6, 6.07) is 2.52. The minimum Gasteiger partial charge on any atom is -0.303 e. The Hall–Kier alpha value is -0.630. The van der Waals surface area contributed by atoms with Crippen LogP contribution in [-0.2, 0) is 0 Å². The molecule has 4 nitrogen and oxygen atoms in total. The van der Waals surface area contributed by atoms with E-state index in [-0.39, 0.29) is 6.04 Å². The molecule has 1 fully saturated rings. The predicted molar refractivity (Wildman–Crippen MR) is 75.5 cm³/mol. The molecule has 1 unspecified atom stereocenters. The molecule has 0 aromatic carbocycles. The van der Waals surface area contributed by atoms with E-state index < -0.39 is 0 Å². The molecular weight excluding hydrogens is 224 g/mol. The van der Waals surface area contributed by atoms with Crippen molar-refractivity contribution in [2.24, 2.45) is 0 Å². The fourth-order valence-corrected chi connectivity index (χ4v) is 2.55. The molecule has 0 saturated carbocycles. The first-order valence-electron chi connectivity index (χ1n) is 7.33. The Labute approximate surface area is 112 Å². The molecule has 0 radical (unpaired) electrons. The highest BCUT2D eigenvalue weighted by Gasteiger charge is 2.22. The normalized spacial score (nSPS) is 19.9. The summed E-state index contributed by atoms with van der Waals surface area (Å²) in [6.07, 6.45) is 0.940. The maximum atomic E-state index is 9.07. The molecule has 0 aromatic heterocycles. The Bertz CT molecular complexity index is 249. The van der Waals surface area contributed by atoms with Gasteiger partial charge in [-0.1, -0.05) is 20.8 Å². The average Bonchev–Trinajstić information content (AvgIpc) is 2.43. The smallest absolute Gasteiger partial charge is 0.0976 e. The van der Waals surface area contributed by atoms with Gasteiger partial charge in [0.05, 0.1) is 12.1 Å². The van der Waals surface area contributed by atoms with Gasteiger partial charge in [-0.15, -0.1) is 0 Å². The van der Waals surface area contributed by atoms with E-state index in [2.05, 4.69) is 41.5 Å². The van der Waals surface area contributed by atoms with Crippen molar-refractivity contribution in [2.75, 3.05) is 52.4 Å². The van der Waals surface area contributed by atoms with Crippen LogP contribution in [0.1, 0.15) is 27.2 Å². The summed E-state index contributed by atoms with van der Waals surface area (Å²) in [5, 5.41) is 9.07. The quantitative estimate of drug-likeness (QED) is 0.683. The van der Waals surface area contributed by atoms with E-state index in [0.717, 1.165) is 45.7 Å². The summed E-state index contributed by atoms with van der Waals surface area (Å²) in [5.74, 6) is 0. The molecule has 0 aromatic rings. The van der Waals surface area contributed by atoms with Gasteiger partial charge in [0, 0.05) is 39.3 Å². The zero-order valence-corrected chi connectivity index (χ0v) is 12.2. The van der Waals surface area contributed by atoms with Crippen molar-refractivity contribution in [1.29, 1.82) is 5.26 Å². The Balaban J connectivity index is 2.25. The predicted octanol–water partition coefficient (Wildman–Crippen LogP) is 1.25. The lowest BCUT2D eigenvalue weighted by Crippen LogP contribution is -2.51. The molecule has 0 amide bonds. The van der Waals surface area contributed by atoms with Crippen LogP contribution in [0.4, 0.5) is 0 Å². The van der Waals surface area contributed by atoms with E-state index in [1.54, 1.807) is 0 Å². The Morgan fingerprint density at radius 2 is 1.72 bits per heavy atom. The molecule has 1 aliphatic heterocycles. The third kappa shape index (κ3) is 4.56. The summed E-state index contributed by atoms with van der Waals surface area (Å²) in [7, 11) is 0. The van der Waals surface area contributed by atoms with Crippen molar-refractivity contribution < 1.29 is 0 Å². The van der Waals surface area contributed by atoms with Crippen LogP contribution in [0.15, 0.2) is 0 Å². The second-order valence-corrected chi connectivity index (χ2v) is 4.96. The molecule has 1 atom stereocenters. The van der Waals surface area contributed by atoms with Gasteiger partial charge in [-0.3, -0.25) is 9.80 Å². The lowest BCUT2D eigenvalue weighted by molar-refractivity contribution is 0.103. The molecule has 1 aliphatic rings. The summed E-state index contributed by atoms with van der Waals surface area (Å²) in [4.78, 5) is 7.32. The molecule has 18 heavy (non-hydrogen) atoms. The first-order chi connectivity index (χ1) is 8.74. The van der Waals surface area contributed by atoms with Crippen LogP contribution in [0, 0.1) is 11.3 Å². The van der Waals surface area contributed by atoms with Crippen molar-refractivity contribution in [3.05, 3.63) is 0 Å². The van der Waals surface area contributed by atoms with E-state index in [0.29, 0.717) is 0 Å². The van der Waals surface area contributed by atoms with Gasteiger partial charge < -0.3 is 4.90 Å². The lowest BCUT2D eigenvalue weighted by Gasteiger charge is -2.37. The van der Waals surface area contributed by atoms with Crippen molar-refractivity contribution in [3.8, 4) is 6.07 Å². The Morgan fingerprint density at radius 1 is 1.11 bits per heavy atom. The lowest BCUT2D eigenvalue weighted by atomic mass is 10.2. The standard InChI is InChI=1S/C14H28N4/c1-4-14(13-15)18-11-9-17(10-12-18)8-7-16(5-2)6-3/h14H,4-12H2,1-3H3. The first kappa shape index (κ1) is 15.4. The van der Waals surface area contributed by atoms with E-state index >= 15 is 0 Å². The Morgan fingerprint density at radius 3 is 2.17 bits per heavy atom. The number of nitriles is 1. The molecule has 0 N–H and O–H groups in total. The fourth-order valence-electron chi connectivity index (χ4n) is 2.55. The average molecular weight is 252 g/mol. The van der Waals surface area contributed by atoms with Crippen LogP contribution in [0.3, 0.4) is 0 Å². The van der Waals surface area contributed by atoms with Gasteiger partial charge in [0.2, 0.25) is 0 Å².